The fraction of sp³-hybridized carbons (Fsp3) is 0.222. The van der Waals surface area contributed by atoms with Gasteiger partial charge in [-0.1, -0.05) is 35.9 Å². The maximum atomic E-state index is 12.0. The Morgan fingerprint density at radius 1 is 1.12 bits per heavy atom. The van der Waals surface area contributed by atoms with Crippen LogP contribution in [0.3, 0.4) is 0 Å². The van der Waals surface area contributed by atoms with Gasteiger partial charge in [0.15, 0.2) is 0 Å². The average Bonchev–Trinajstić information content (AvgIpc) is 2.58. The standard InChI is InChI=1S/C18H19ClN2O3/c1-12-7-8-14(19)11-15(12)21-18(23)17(22)20-10-9-13-5-3-4-6-16(13)24-2/h3-8,11H,9-10H2,1-2H3,(H,20,22)(H,21,23). The Balaban J connectivity index is 1.88. The monoisotopic (exact) mass is 346 g/mol. The van der Waals surface area contributed by atoms with Crippen LogP contribution >= 0.6 is 11.6 Å². The van der Waals surface area contributed by atoms with Gasteiger partial charge in [-0.15, -0.1) is 0 Å². The smallest absolute Gasteiger partial charge is 0.313 e. The SMILES string of the molecule is COc1ccccc1CCNC(=O)C(=O)Nc1cc(Cl)ccc1C. The number of aryl methyl sites for hydroxylation is 1. The average molecular weight is 347 g/mol. The molecular formula is C18H19ClN2O3. The van der Waals surface area contributed by atoms with Crippen molar-refractivity contribution < 1.29 is 14.3 Å². The molecule has 0 atom stereocenters. The zero-order valence-corrected chi connectivity index (χ0v) is 14.3. The summed E-state index contributed by atoms with van der Waals surface area (Å²) in [6.07, 6.45) is 0.569. The van der Waals surface area contributed by atoms with Crippen molar-refractivity contribution in [2.45, 2.75) is 13.3 Å². The Hall–Kier alpha value is -2.53. The third-order valence-corrected chi connectivity index (χ3v) is 3.76. The number of benzene rings is 2. The van der Waals surface area contributed by atoms with Gasteiger partial charge in [0.1, 0.15) is 5.75 Å². The first-order valence-corrected chi connectivity index (χ1v) is 7.86. The third kappa shape index (κ3) is 4.73. The van der Waals surface area contributed by atoms with Gasteiger partial charge < -0.3 is 15.4 Å². The zero-order valence-electron chi connectivity index (χ0n) is 13.6. The lowest BCUT2D eigenvalue weighted by molar-refractivity contribution is -0.136. The highest BCUT2D eigenvalue weighted by Crippen LogP contribution is 2.20. The molecular weight excluding hydrogens is 328 g/mol. The van der Waals surface area contributed by atoms with Crippen molar-refractivity contribution in [2.24, 2.45) is 0 Å². The topological polar surface area (TPSA) is 67.4 Å². The van der Waals surface area contributed by atoms with Crippen LogP contribution in [0.1, 0.15) is 11.1 Å². The van der Waals surface area contributed by atoms with Crippen molar-refractivity contribution in [3.63, 3.8) is 0 Å². The molecule has 2 aromatic carbocycles. The van der Waals surface area contributed by atoms with E-state index in [9.17, 15) is 9.59 Å². The molecule has 0 radical (unpaired) electrons. The highest BCUT2D eigenvalue weighted by atomic mass is 35.5. The lowest BCUT2D eigenvalue weighted by Crippen LogP contribution is -2.36. The molecule has 0 saturated carbocycles. The Bertz CT molecular complexity index is 747. The number of carbonyl (C=O) groups excluding carboxylic acids is 2. The summed E-state index contributed by atoms with van der Waals surface area (Å²) in [6, 6.07) is 12.6. The van der Waals surface area contributed by atoms with E-state index < -0.39 is 11.8 Å². The summed E-state index contributed by atoms with van der Waals surface area (Å²) in [7, 11) is 1.60. The second-order valence-corrected chi connectivity index (χ2v) is 5.67. The fourth-order valence-corrected chi connectivity index (χ4v) is 2.38. The van der Waals surface area contributed by atoms with Crippen molar-refractivity contribution in [2.75, 3.05) is 19.0 Å². The first-order valence-electron chi connectivity index (χ1n) is 7.48. The number of halogens is 1. The van der Waals surface area contributed by atoms with Gasteiger partial charge >= 0.3 is 11.8 Å². The van der Waals surface area contributed by atoms with E-state index in [1.807, 2.05) is 31.2 Å². The van der Waals surface area contributed by atoms with Crippen LogP contribution in [0.4, 0.5) is 5.69 Å². The number of methoxy groups -OCH3 is 1. The zero-order chi connectivity index (χ0) is 17.5. The van der Waals surface area contributed by atoms with Gasteiger partial charge in [-0.05, 0) is 42.7 Å². The number of ether oxygens (including phenoxy) is 1. The first-order chi connectivity index (χ1) is 11.5. The second-order valence-electron chi connectivity index (χ2n) is 5.23. The fourth-order valence-electron chi connectivity index (χ4n) is 2.21. The molecule has 126 valence electrons. The van der Waals surface area contributed by atoms with Gasteiger partial charge in [-0.2, -0.15) is 0 Å². The number of anilines is 1. The van der Waals surface area contributed by atoms with Crippen LogP contribution in [0.15, 0.2) is 42.5 Å². The molecule has 0 heterocycles. The molecule has 24 heavy (non-hydrogen) atoms. The molecule has 0 unspecified atom stereocenters. The van der Waals surface area contributed by atoms with E-state index in [0.717, 1.165) is 16.9 Å². The third-order valence-electron chi connectivity index (χ3n) is 3.53. The minimum absolute atomic E-state index is 0.334. The minimum Gasteiger partial charge on any atom is -0.496 e. The summed E-state index contributed by atoms with van der Waals surface area (Å²) in [5.41, 5.74) is 2.31. The molecule has 0 spiro atoms. The summed E-state index contributed by atoms with van der Waals surface area (Å²) >= 11 is 5.90. The van der Waals surface area contributed by atoms with E-state index in [2.05, 4.69) is 10.6 Å². The normalized spacial score (nSPS) is 10.1. The van der Waals surface area contributed by atoms with Crippen molar-refractivity contribution in [1.29, 1.82) is 0 Å². The molecule has 6 heteroatoms. The molecule has 0 fully saturated rings. The highest BCUT2D eigenvalue weighted by molar-refractivity contribution is 6.40. The molecule has 2 rings (SSSR count). The molecule has 0 bridgehead atoms. The van der Waals surface area contributed by atoms with Crippen molar-refractivity contribution in [1.82, 2.24) is 5.32 Å². The number of amides is 2. The van der Waals surface area contributed by atoms with E-state index in [0.29, 0.717) is 23.7 Å². The van der Waals surface area contributed by atoms with Gasteiger partial charge in [0.25, 0.3) is 0 Å². The number of nitrogens with one attached hydrogen (secondary N) is 2. The summed E-state index contributed by atoms with van der Waals surface area (Å²) in [4.78, 5) is 23.9. The van der Waals surface area contributed by atoms with E-state index >= 15 is 0 Å². The lowest BCUT2D eigenvalue weighted by Gasteiger charge is -2.10. The van der Waals surface area contributed by atoms with Crippen molar-refractivity contribution in [3.05, 3.63) is 58.6 Å². The Labute approximate surface area is 146 Å². The number of hydrogen-bond acceptors (Lipinski definition) is 3. The summed E-state index contributed by atoms with van der Waals surface area (Å²) < 4.78 is 5.25. The van der Waals surface area contributed by atoms with Gasteiger partial charge in [-0.25, -0.2) is 0 Å². The maximum Gasteiger partial charge on any atom is 0.313 e. The molecule has 0 aliphatic heterocycles. The van der Waals surface area contributed by atoms with Crippen LogP contribution in [0.5, 0.6) is 5.75 Å². The molecule has 2 amide bonds. The summed E-state index contributed by atoms with van der Waals surface area (Å²) in [5, 5.41) is 5.65. The van der Waals surface area contributed by atoms with E-state index in [1.54, 1.807) is 25.3 Å². The molecule has 0 aliphatic carbocycles. The Kier molecular flexibility index (Phi) is 6.21. The van der Waals surface area contributed by atoms with Crippen molar-refractivity contribution >= 4 is 29.1 Å². The van der Waals surface area contributed by atoms with Gasteiger partial charge in [0, 0.05) is 17.3 Å². The summed E-state index contributed by atoms with van der Waals surface area (Å²) in [5.74, 6) is -0.657. The number of carbonyl (C=O) groups is 2. The first kappa shape index (κ1) is 17.8. The van der Waals surface area contributed by atoms with Crippen LogP contribution in [0, 0.1) is 6.92 Å². The largest absolute Gasteiger partial charge is 0.496 e. The van der Waals surface area contributed by atoms with E-state index in [1.165, 1.54) is 0 Å². The van der Waals surface area contributed by atoms with Crippen LogP contribution in [0.25, 0.3) is 0 Å². The molecule has 2 aromatic rings. The predicted molar refractivity (Wildman–Crippen MR) is 94.5 cm³/mol. The number of rotatable bonds is 5. The Morgan fingerprint density at radius 3 is 2.62 bits per heavy atom. The van der Waals surface area contributed by atoms with Crippen LogP contribution in [-0.2, 0) is 16.0 Å². The van der Waals surface area contributed by atoms with Gasteiger partial charge in [-0.3, -0.25) is 9.59 Å². The minimum atomic E-state index is -0.722. The second kappa shape index (κ2) is 8.36. The quantitative estimate of drug-likeness (QED) is 0.818. The molecule has 5 nitrogen and oxygen atoms in total. The number of para-hydroxylation sites is 1. The van der Waals surface area contributed by atoms with Crippen LogP contribution in [-0.4, -0.2) is 25.5 Å². The molecule has 0 aromatic heterocycles. The lowest BCUT2D eigenvalue weighted by atomic mass is 10.1. The van der Waals surface area contributed by atoms with Crippen LogP contribution < -0.4 is 15.4 Å². The molecule has 0 aliphatic rings. The van der Waals surface area contributed by atoms with Gasteiger partial charge in [0.2, 0.25) is 0 Å². The predicted octanol–water partition coefficient (Wildman–Crippen LogP) is 2.95. The van der Waals surface area contributed by atoms with E-state index in [-0.39, 0.29) is 0 Å². The molecule has 2 N–H and O–H groups in total. The highest BCUT2D eigenvalue weighted by Gasteiger charge is 2.14. The molecule has 0 saturated heterocycles. The van der Waals surface area contributed by atoms with Gasteiger partial charge in [0.05, 0.1) is 7.11 Å². The van der Waals surface area contributed by atoms with Crippen LogP contribution in [0.2, 0.25) is 5.02 Å². The maximum absolute atomic E-state index is 12.0. The number of hydrogen-bond donors (Lipinski definition) is 2. The Morgan fingerprint density at radius 2 is 1.88 bits per heavy atom. The summed E-state index contributed by atoms with van der Waals surface area (Å²) in [6.45, 7) is 2.16. The van der Waals surface area contributed by atoms with E-state index in [4.69, 9.17) is 16.3 Å². The van der Waals surface area contributed by atoms with Crippen molar-refractivity contribution in [3.8, 4) is 5.75 Å².